The number of nitrogens with zero attached hydrogens (tertiary/aromatic N) is 3. The van der Waals surface area contributed by atoms with Gasteiger partial charge in [0.05, 0.1) is 5.75 Å². The van der Waals surface area contributed by atoms with E-state index in [1.165, 1.54) is 25.1 Å². The van der Waals surface area contributed by atoms with Crippen LogP contribution >= 0.6 is 12.6 Å². The summed E-state index contributed by atoms with van der Waals surface area (Å²) < 4.78 is 0. The maximum atomic E-state index is 4.60. The van der Waals surface area contributed by atoms with Gasteiger partial charge in [-0.1, -0.05) is 0 Å². The molecule has 4 heteroatoms. The highest BCUT2D eigenvalue weighted by Crippen LogP contribution is 2.25. The first-order valence-corrected chi connectivity index (χ1v) is 6.46. The lowest BCUT2D eigenvalue weighted by atomic mass is 9.94. The number of hydrogen-bond acceptors (Lipinski definition) is 4. The number of aryl methyl sites for hydroxylation is 1. The normalized spacial score (nSPS) is 22.3. The van der Waals surface area contributed by atoms with E-state index in [0.29, 0.717) is 11.7 Å². The average Bonchev–Trinajstić information content (AvgIpc) is 2.28. The lowest BCUT2D eigenvalue weighted by molar-refractivity contribution is 0.248. The standard InChI is InChI=1S/C12H19N3S/c1-9-6-11(14-12(8-16)13-9)10-4-3-5-15(2)7-10/h6,10,16H,3-5,7-8H2,1-2H3. The zero-order valence-corrected chi connectivity index (χ0v) is 10.9. The van der Waals surface area contributed by atoms with Crippen LogP contribution in [0.2, 0.25) is 0 Å². The second-order valence-corrected chi connectivity index (χ2v) is 4.93. The first-order chi connectivity index (χ1) is 7.69. The molecule has 0 N–H and O–H groups in total. The Balaban J connectivity index is 2.21. The summed E-state index contributed by atoms with van der Waals surface area (Å²) in [6, 6.07) is 2.12. The summed E-state index contributed by atoms with van der Waals surface area (Å²) in [6.45, 7) is 4.35. The van der Waals surface area contributed by atoms with Crippen molar-refractivity contribution in [3.05, 3.63) is 23.3 Å². The first kappa shape index (κ1) is 11.9. The van der Waals surface area contributed by atoms with Crippen LogP contribution in [0.15, 0.2) is 6.07 Å². The van der Waals surface area contributed by atoms with E-state index in [1.807, 2.05) is 6.92 Å². The number of likely N-dealkylation sites (N-methyl/N-ethyl adjacent to an activating group) is 1. The van der Waals surface area contributed by atoms with Gasteiger partial charge in [-0.3, -0.25) is 0 Å². The van der Waals surface area contributed by atoms with Crippen molar-refractivity contribution in [2.24, 2.45) is 0 Å². The molecule has 1 aliphatic heterocycles. The molecule has 1 unspecified atom stereocenters. The molecular formula is C12H19N3S. The van der Waals surface area contributed by atoms with Crippen LogP contribution in [0, 0.1) is 6.92 Å². The molecule has 2 heterocycles. The highest BCUT2D eigenvalue weighted by Gasteiger charge is 2.20. The number of hydrogen-bond donors (Lipinski definition) is 1. The van der Waals surface area contributed by atoms with Crippen LogP contribution in [-0.4, -0.2) is 35.0 Å². The maximum absolute atomic E-state index is 4.60. The summed E-state index contributed by atoms with van der Waals surface area (Å²) in [5, 5.41) is 0. The molecule has 1 fully saturated rings. The van der Waals surface area contributed by atoms with Gasteiger partial charge >= 0.3 is 0 Å². The van der Waals surface area contributed by atoms with Crippen LogP contribution in [0.5, 0.6) is 0 Å². The molecule has 0 spiro atoms. The molecule has 0 aromatic carbocycles. The van der Waals surface area contributed by atoms with E-state index in [-0.39, 0.29) is 0 Å². The fraction of sp³-hybridized carbons (Fsp3) is 0.667. The van der Waals surface area contributed by atoms with Gasteiger partial charge in [-0.15, -0.1) is 0 Å². The van der Waals surface area contributed by atoms with Gasteiger partial charge in [0.25, 0.3) is 0 Å². The molecule has 2 rings (SSSR count). The third-order valence-corrected chi connectivity index (χ3v) is 3.39. The Morgan fingerprint density at radius 2 is 2.31 bits per heavy atom. The van der Waals surface area contributed by atoms with E-state index in [0.717, 1.165) is 18.1 Å². The van der Waals surface area contributed by atoms with Crippen molar-refractivity contribution in [1.29, 1.82) is 0 Å². The molecule has 0 amide bonds. The average molecular weight is 237 g/mol. The van der Waals surface area contributed by atoms with Crippen LogP contribution in [0.4, 0.5) is 0 Å². The fourth-order valence-electron chi connectivity index (χ4n) is 2.34. The Hall–Kier alpha value is -0.610. The Bertz CT molecular complexity index is 367. The Morgan fingerprint density at radius 1 is 1.50 bits per heavy atom. The van der Waals surface area contributed by atoms with Crippen LogP contribution < -0.4 is 0 Å². The van der Waals surface area contributed by atoms with Gasteiger partial charge in [-0.2, -0.15) is 12.6 Å². The number of rotatable bonds is 2. The predicted octanol–water partition coefficient (Wildman–Crippen LogP) is 2.02. The van der Waals surface area contributed by atoms with Gasteiger partial charge < -0.3 is 4.90 Å². The van der Waals surface area contributed by atoms with Crippen molar-refractivity contribution < 1.29 is 0 Å². The molecule has 1 saturated heterocycles. The third-order valence-electron chi connectivity index (χ3n) is 3.10. The number of piperidine rings is 1. The van der Waals surface area contributed by atoms with Gasteiger partial charge in [-0.25, -0.2) is 9.97 Å². The minimum Gasteiger partial charge on any atom is -0.306 e. The van der Waals surface area contributed by atoms with Gasteiger partial charge in [0.2, 0.25) is 0 Å². The van der Waals surface area contributed by atoms with Gasteiger partial charge in [0, 0.05) is 23.9 Å². The minimum absolute atomic E-state index is 0.569. The highest BCUT2D eigenvalue weighted by molar-refractivity contribution is 7.79. The van der Waals surface area contributed by atoms with E-state index >= 15 is 0 Å². The van der Waals surface area contributed by atoms with Crippen molar-refractivity contribution in [3.8, 4) is 0 Å². The molecule has 3 nitrogen and oxygen atoms in total. The molecule has 1 atom stereocenters. The van der Waals surface area contributed by atoms with E-state index in [9.17, 15) is 0 Å². The van der Waals surface area contributed by atoms with Crippen molar-refractivity contribution >= 4 is 12.6 Å². The SMILES string of the molecule is Cc1cc(C2CCCN(C)C2)nc(CS)n1. The maximum Gasteiger partial charge on any atom is 0.138 e. The molecule has 16 heavy (non-hydrogen) atoms. The van der Waals surface area contributed by atoms with Crippen molar-refractivity contribution in [3.63, 3.8) is 0 Å². The summed E-state index contributed by atoms with van der Waals surface area (Å²) in [6.07, 6.45) is 2.51. The summed E-state index contributed by atoms with van der Waals surface area (Å²) in [5.74, 6) is 2.04. The summed E-state index contributed by atoms with van der Waals surface area (Å²) in [4.78, 5) is 11.3. The summed E-state index contributed by atoms with van der Waals surface area (Å²) >= 11 is 4.25. The van der Waals surface area contributed by atoms with Crippen LogP contribution in [0.3, 0.4) is 0 Å². The van der Waals surface area contributed by atoms with Gasteiger partial charge in [-0.05, 0) is 39.4 Å². The molecule has 0 radical (unpaired) electrons. The van der Waals surface area contributed by atoms with E-state index in [4.69, 9.17) is 0 Å². The third kappa shape index (κ3) is 2.74. The Kier molecular flexibility index (Phi) is 3.82. The van der Waals surface area contributed by atoms with Crippen LogP contribution in [-0.2, 0) is 5.75 Å². The summed E-state index contributed by atoms with van der Waals surface area (Å²) in [5.41, 5.74) is 2.25. The van der Waals surface area contributed by atoms with Crippen LogP contribution in [0.1, 0.15) is 36.0 Å². The Labute approximate surface area is 103 Å². The lowest BCUT2D eigenvalue weighted by Crippen LogP contribution is -2.31. The highest BCUT2D eigenvalue weighted by atomic mass is 32.1. The van der Waals surface area contributed by atoms with Crippen LogP contribution in [0.25, 0.3) is 0 Å². The van der Waals surface area contributed by atoms with Gasteiger partial charge in [0.15, 0.2) is 0 Å². The fourth-order valence-corrected chi connectivity index (χ4v) is 2.49. The molecule has 0 aliphatic carbocycles. The Morgan fingerprint density at radius 3 is 3.00 bits per heavy atom. The zero-order chi connectivity index (χ0) is 11.5. The van der Waals surface area contributed by atoms with Crippen molar-refractivity contribution in [1.82, 2.24) is 14.9 Å². The second-order valence-electron chi connectivity index (χ2n) is 4.61. The molecule has 0 bridgehead atoms. The quantitative estimate of drug-likeness (QED) is 0.798. The zero-order valence-electron chi connectivity index (χ0n) is 9.98. The summed E-state index contributed by atoms with van der Waals surface area (Å²) in [7, 11) is 2.18. The second kappa shape index (κ2) is 5.15. The molecule has 1 aliphatic rings. The smallest absolute Gasteiger partial charge is 0.138 e. The molecular weight excluding hydrogens is 218 g/mol. The number of likely N-dealkylation sites (tertiary alicyclic amines) is 1. The first-order valence-electron chi connectivity index (χ1n) is 5.83. The monoisotopic (exact) mass is 237 g/mol. The largest absolute Gasteiger partial charge is 0.306 e. The molecule has 1 aromatic rings. The minimum atomic E-state index is 0.569. The molecule has 88 valence electrons. The number of aromatic nitrogens is 2. The van der Waals surface area contributed by atoms with E-state index in [1.54, 1.807) is 0 Å². The topological polar surface area (TPSA) is 29.0 Å². The molecule has 0 saturated carbocycles. The predicted molar refractivity (Wildman–Crippen MR) is 68.9 cm³/mol. The van der Waals surface area contributed by atoms with E-state index in [2.05, 4.69) is 40.6 Å². The lowest BCUT2D eigenvalue weighted by Gasteiger charge is -2.29. The number of thiol groups is 1. The van der Waals surface area contributed by atoms with Gasteiger partial charge in [0.1, 0.15) is 5.82 Å². The van der Waals surface area contributed by atoms with Crippen molar-refractivity contribution in [2.75, 3.05) is 20.1 Å². The molecule has 1 aromatic heterocycles. The van der Waals surface area contributed by atoms with Crippen molar-refractivity contribution in [2.45, 2.75) is 31.4 Å². The van der Waals surface area contributed by atoms with E-state index < -0.39 is 0 Å².